The van der Waals surface area contributed by atoms with Gasteiger partial charge in [-0.3, -0.25) is 14.4 Å². The number of phenolic OH excluding ortho intramolecular Hbond substituents is 3. The van der Waals surface area contributed by atoms with Crippen molar-refractivity contribution in [2.75, 3.05) is 52.5 Å². The van der Waals surface area contributed by atoms with E-state index in [1.54, 1.807) is 0 Å². The molecule has 0 aliphatic carbocycles. The number of carbonyl (C=O) groups excluding carboxylic acids is 3. The highest BCUT2D eigenvalue weighted by Gasteiger charge is 2.29. The van der Waals surface area contributed by atoms with Crippen LogP contribution in [0.1, 0.15) is 206 Å². The molecule has 1 unspecified atom stereocenters. The Morgan fingerprint density at radius 2 is 0.753 bits per heavy atom. The van der Waals surface area contributed by atoms with Crippen LogP contribution in [0.5, 0.6) is 17.2 Å². The van der Waals surface area contributed by atoms with Crippen molar-refractivity contribution in [3.63, 3.8) is 0 Å². The standard InChI is InChI=1S/C61H97N3O9/c1-19-40(2)44-32-41(33-45(53(44)68)56(3,4)5)20-23-52(67)73-31-28-64-61(18,38-62-26-29-71-50(65)24-21-42-34-46(57(6,7)8)54(69)47(35-42)58(9,10)11)39-63-27-30-72-51(66)25-22-43-36-48(59(12,13)14)55(70)49(37-43)60(15,16)17/h32-37,40,62-64,68-70H,19-31,38-39H2,1-18H3. The Hall–Kier alpha value is -4.65. The molecule has 0 aliphatic heterocycles. The predicted molar refractivity (Wildman–Crippen MR) is 297 cm³/mol. The molecule has 12 heteroatoms. The average Bonchev–Trinajstić information content (AvgIpc) is 3.26. The number of hydrogen-bond donors (Lipinski definition) is 6. The molecule has 12 nitrogen and oxygen atoms in total. The van der Waals surface area contributed by atoms with Gasteiger partial charge in [0.05, 0.1) is 0 Å². The molecule has 73 heavy (non-hydrogen) atoms. The molecule has 3 aromatic rings. The number of ether oxygens (including phenoxy) is 3. The van der Waals surface area contributed by atoms with Gasteiger partial charge in [-0.05, 0) is 116 Å². The maximum atomic E-state index is 13.0. The minimum absolute atomic E-state index is 0.162. The Morgan fingerprint density at radius 1 is 0.466 bits per heavy atom. The third-order valence-corrected chi connectivity index (χ3v) is 13.6. The first-order valence-corrected chi connectivity index (χ1v) is 26.8. The highest BCUT2D eigenvalue weighted by atomic mass is 16.5. The molecule has 0 spiro atoms. The van der Waals surface area contributed by atoms with Crippen molar-refractivity contribution >= 4 is 17.9 Å². The van der Waals surface area contributed by atoms with Gasteiger partial charge in [-0.25, -0.2) is 0 Å². The van der Waals surface area contributed by atoms with Crippen molar-refractivity contribution in [2.24, 2.45) is 0 Å². The number of aryl methyl sites for hydroxylation is 3. The molecule has 0 aromatic heterocycles. The third-order valence-electron chi connectivity index (χ3n) is 13.6. The van der Waals surface area contributed by atoms with E-state index in [0.29, 0.717) is 69.2 Å². The van der Waals surface area contributed by atoms with Crippen molar-refractivity contribution < 1.29 is 43.9 Å². The number of benzene rings is 3. The molecule has 0 saturated heterocycles. The van der Waals surface area contributed by atoms with Crippen molar-refractivity contribution in [3.05, 3.63) is 86.5 Å². The second kappa shape index (κ2) is 26.2. The van der Waals surface area contributed by atoms with Crippen molar-refractivity contribution in [1.29, 1.82) is 0 Å². The van der Waals surface area contributed by atoms with Crippen LogP contribution in [-0.2, 0) is 74.9 Å². The molecule has 3 aromatic carbocycles. The molecule has 0 bridgehead atoms. The number of aromatic hydroxyl groups is 3. The zero-order valence-electron chi connectivity index (χ0n) is 48.4. The smallest absolute Gasteiger partial charge is 0.306 e. The van der Waals surface area contributed by atoms with Gasteiger partial charge >= 0.3 is 17.9 Å². The lowest BCUT2D eigenvalue weighted by molar-refractivity contribution is -0.144. The van der Waals surface area contributed by atoms with Crippen LogP contribution in [-0.4, -0.2) is 91.3 Å². The second-order valence-electron chi connectivity index (χ2n) is 25.7. The van der Waals surface area contributed by atoms with E-state index in [-0.39, 0.29) is 90.0 Å². The van der Waals surface area contributed by atoms with Gasteiger partial charge in [0.15, 0.2) is 0 Å². The lowest BCUT2D eigenvalue weighted by Gasteiger charge is -2.32. The fraction of sp³-hybridized carbons (Fsp3) is 0.656. The lowest BCUT2D eigenvalue weighted by Crippen LogP contribution is -2.57. The Kier molecular flexibility index (Phi) is 22.5. The van der Waals surface area contributed by atoms with Crippen molar-refractivity contribution in [3.8, 4) is 17.2 Å². The molecule has 6 N–H and O–H groups in total. The van der Waals surface area contributed by atoms with Crippen LogP contribution < -0.4 is 16.0 Å². The number of phenols is 3. The van der Waals surface area contributed by atoms with Crippen LogP contribution >= 0.6 is 0 Å². The number of esters is 3. The van der Waals surface area contributed by atoms with Crippen LogP contribution in [0.4, 0.5) is 0 Å². The minimum Gasteiger partial charge on any atom is -0.507 e. The van der Waals surface area contributed by atoms with Gasteiger partial charge in [-0.1, -0.05) is 154 Å². The summed E-state index contributed by atoms with van der Waals surface area (Å²) in [5.41, 5.74) is 6.34. The van der Waals surface area contributed by atoms with E-state index in [0.717, 1.165) is 56.5 Å². The summed E-state index contributed by atoms with van der Waals surface area (Å²) >= 11 is 0. The van der Waals surface area contributed by atoms with Crippen LogP contribution in [0, 0.1) is 0 Å². The fourth-order valence-corrected chi connectivity index (χ4v) is 8.86. The maximum absolute atomic E-state index is 13.0. The summed E-state index contributed by atoms with van der Waals surface area (Å²) in [6.07, 6.45) is 3.01. The number of rotatable bonds is 25. The topological polar surface area (TPSA) is 176 Å². The fourth-order valence-electron chi connectivity index (χ4n) is 8.86. The van der Waals surface area contributed by atoms with Gasteiger partial charge in [-0.15, -0.1) is 0 Å². The molecule has 0 amide bonds. The predicted octanol–water partition coefficient (Wildman–Crippen LogP) is 11.2. The zero-order chi connectivity index (χ0) is 55.3. The van der Waals surface area contributed by atoms with E-state index in [1.165, 1.54) is 0 Å². The Bertz CT molecular complexity index is 2120. The highest BCUT2D eigenvalue weighted by molar-refractivity contribution is 5.71. The van der Waals surface area contributed by atoms with E-state index in [9.17, 15) is 29.7 Å². The first-order valence-electron chi connectivity index (χ1n) is 26.8. The second-order valence-corrected chi connectivity index (χ2v) is 25.7. The van der Waals surface area contributed by atoms with E-state index in [1.807, 2.05) is 43.3 Å². The molecule has 3 rings (SSSR count). The van der Waals surface area contributed by atoms with E-state index in [2.05, 4.69) is 134 Å². The minimum atomic E-state index is -0.537. The summed E-state index contributed by atoms with van der Waals surface area (Å²) in [6, 6.07) is 12.0. The van der Waals surface area contributed by atoms with Crippen LogP contribution in [0.2, 0.25) is 0 Å². The quantitative estimate of drug-likeness (QED) is 0.0270. The molecule has 0 radical (unpaired) electrons. The molecular formula is C61H97N3O9. The third kappa shape index (κ3) is 19.9. The van der Waals surface area contributed by atoms with E-state index < -0.39 is 5.54 Å². The molecule has 410 valence electrons. The first-order chi connectivity index (χ1) is 33.6. The Morgan fingerprint density at radius 3 is 1.05 bits per heavy atom. The zero-order valence-corrected chi connectivity index (χ0v) is 48.4. The SMILES string of the molecule is CCC(C)c1cc(CCC(=O)OCCNC(C)(CNCCOC(=O)CCc2cc(C(C)(C)C)c(O)c(C(C)(C)C)c2)CNCCOC(=O)CCc2cc(C(C)(C)C)c(O)c(C(C)(C)C)c2)cc(C(C)(C)C)c1O. The van der Waals surface area contributed by atoms with Gasteiger partial charge in [-0.2, -0.15) is 0 Å². The van der Waals surface area contributed by atoms with Crippen LogP contribution in [0.15, 0.2) is 36.4 Å². The average molecular weight is 1020 g/mol. The lowest BCUT2D eigenvalue weighted by atomic mass is 9.78. The first kappa shape index (κ1) is 62.6. The highest BCUT2D eigenvalue weighted by Crippen LogP contribution is 2.42. The molecule has 0 saturated carbocycles. The van der Waals surface area contributed by atoms with E-state index >= 15 is 0 Å². The number of nitrogens with one attached hydrogen (secondary N) is 3. The molecule has 1 atom stereocenters. The summed E-state index contributed by atoms with van der Waals surface area (Å²) < 4.78 is 17.0. The van der Waals surface area contributed by atoms with Gasteiger partial charge in [0, 0.05) is 57.5 Å². The summed E-state index contributed by atoms with van der Waals surface area (Å²) in [7, 11) is 0. The molecule has 0 aliphatic rings. The van der Waals surface area contributed by atoms with Crippen LogP contribution in [0.3, 0.4) is 0 Å². The van der Waals surface area contributed by atoms with Crippen LogP contribution in [0.25, 0.3) is 0 Å². The molecule has 0 fully saturated rings. The normalized spacial score (nSPS) is 13.2. The monoisotopic (exact) mass is 1020 g/mol. The van der Waals surface area contributed by atoms with Gasteiger partial charge in [0.25, 0.3) is 0 Å². The van der Waals surface area contributed by atoms with Crippen molar-refractivity contribution in [2.45, 2.75) is 208 Å². The van der Waals surface area contributed by atoms with Gasteiger partial charge in [0.2, 0.25) is 0 Å². The molecule has 0 heterocycles. The summed E-state index contributed by atoms with van der Waals surface area (Å²) in [5.74, 6) is 0.247. The summed E-state index contributed by atoms with van der Waals surface area (Å²) in [4.78, 5) is 38.9. The maximum Gasteiger partial charge on any atom is 0.306 e. The molecular weight excluding hydrogens is 919 g/mol. The number of carbonyl (C=O) groups is 3. The Balaban J connectivity index is 1.59. The Labute approximate surface area is 440 Å². The number of hydrogen-bond acceptors (Lipinski definition) is 12. The summed E-state index contributed by atoms with van der Waals surface area (Å²) in [6.45, 7) is 40.1. The van der Waals surface area contributed by atoms with Gasteiger partial charge in [0.1, 0.15) is 37.1 Å². The summed E-state index contributed by atoms with van der Waals surface area (Å²) in [5, 5.41) is 43.7. The largest absolute Gasteiger partial charge is 0.507 e. The van der Waals surface area contributed by atoms with Gasteiger partial charge < -0.3 is 45.5 Å². The van der Waals surface area contributed by atoms with E-state index in [4.69, 9.17) is 14.2 Å². The van der Waals surface area contributed by atoms with Crippen molar-refractivity contribution in [1.82, 2.24) is 16.0 Å².